The van der Waals surface area contributed by atoms with Crippen molar-refractivity contribution in [1.29, 1.82) is 0 Å². The Morgan fingerprint density at radius 1 is 1.04 bits per heavy atom. The number of hydrogen-bond acceptors (Lipinski definition) is 5. The molecule has 0 spiro atoms. The van der Waals surface area contributed by atoms with E-state index in [0.29, 0.717) is 17.2 Å². The molecule has 0 fully saturated rings. The molecule has 1 atom stereocenters. The third-order valence-electron chi connectivity index (χ3n) is 4.02. The zero-order valence-corrected chi connectivity index (χ0v) is 15.0. The van der Waals surface area contributed by atoms with E-state index in [1.54, 1.807) is 40.4 Å². The van der Waals surface area contributed by atoms with Gasteiger partial charge in [-0.1, -0.05) is 30.3 Å². The maximum absolute atomic E-state index is 12.5. The van der Waals surface area contributed by atoms with Crippen LogP contribution in [0.3, 0.4) is 0 Å². The molecule has 0 saturated carbocycles. The maximum atomic E-state index is 12.5. The number of carbonyl (C=O) groups is 1. The van der Waals surface area contributed by atoms with E-state index in [0.717, 1.165) is 11.1 Å². The normalized spacial score (nSPS) is 12.8. The van der Waals surface area contributed by atoms with Gasteiger partial charge in [0.25, 0.3) is 0 Å². The molecule has 0 aromatic heterocycles. The van der Waals surface area contributed by atoms with Gasteiger partial charge in [0.1, 0.15) is 5.54 Å². The van der Waals surface area contributed by atoms with E-state index in [2.05, 4.69) is 5.32 Å². The van der Waals surface area contributed by atoms with E-state index in [1.165, 1.54) is 0 Å². The summed E-state index contributed by atoms with van der Waals surface area (Å²) < 4.78 is 15.9. The summed E-state index contributed by atoms with van der Waals surface area (Å²) in [7, 11) is 4.64. The number of carbonyl (C=O) groups excluding carboxylic acids is 1. The molecule has 0 aliphatic rings. The van der Waals surface area contributed by atoms with Crippen molar-refractivity contribution in [2.45, 2.75) is 19.0 Å². The SMILES string of the molecule is COc1cc(CNC(=O)C(C)(N)c2ccccc2)cc(OC)c1OC. The Labute approximate surface area is 147 Å². The first-order valence-corrected chi connectivity index (χ1v) is 7.85. The highest BCUT2D eigenvalue weighted by Crippen LogP contribution is 2.38. The van der Waals surface area contributed by atoms with Crippen LogP contribution in [0.1, 0.15) is 18.1 Å². The van der Waals surface area contributed by atoms with Crippen molar-refractivity contribution in [2.24, 2.45) is 5.73 Å². The van der Waals surface area contributed by atoms with Crippen molar-refractivity contribution < 1.29 is 19.0 Å². The van der Waals surface area contributed by atoms with Crippen LogP contribution in [-0.4, -0.2) is 27.2 Å². The Morgan fingerprint density at radius 3 is 2.08 bits per heavy atom. The lowest BCUT2D eigenvalue weighted by Crippen LogP contribution is -2.48. The molecule has 2 rings (SSSR count). The summed E-state index contributed by atoms with van der Waals surface area (Å²) in [4.78, 5) is 12.5. The molecule has 1 unspecified atom stereocenters. The first-order valence-electron chi connectivity index (χ1n) is 7.85. The molecule has 25 heavy (non-hydrogen) atoms. The van der Waals surface area contributed by atoms with Crippen LogP contribution in [0, 0.1) is 0 Å². The van der Waals surface area contributed by atoms with Crippen molar-refractivity contribution in [1.82, 2.24) is 5.32 Å². The van der Waals surface area contributed by atoms with Gasteiger partial charge in [0.2, 0.25) is 11.7 Å². The molecule has 6 nitrogen and oxygen atoms in total. The van der Waals surface area contributed by atoms with E-state index < -0.39 is 5.54 Å². The first-order chi connectivity index (χ1) is 11.9. The summed E-state index contributed by atoms with van der Waals surface area (Å²) >= 11 is 0. The molecular formula is C19H24N2O4. The Balaban J connectivity index is 2.17. The number of ether oxygens (including phenoxy) is 3. The van der Waals surface area contributed by atoms with Crippen LogP contribution in [0.5, 0.6) is 17.2 Å². The summed E-state index contributed by atoms with van der Waals surface area (Å²) in [5.74, 6) is 1.30. The molecule has 3 N–H and O–H groups in total. The van der Waals surface area contributed by atoms with Gasteiger partial charge >= 0.3 is 0 Å². The van der Waals surface area contributed by atoms with Gasteiger partial charge in [-0.05, 0) is 30.2 Å². The number of methoxy groups -OCH3 is 3. The second-order valence-electron chi connectivity index (χ2n) is 5.78. The fraction of sp³-hybridized carbons (Fsp3) is 0.316. The molecule has 6 heteroatoms. The zero-order valence-electron chi connectivity index (χ0n) is 15.0. The number of benzene rings is 2. The van der Waals surface area contributed by atoms with Crippen LogP contribution in [0.2, 0.25) is 0 Å². The van der Waals surface area contributed by atoms with Gasteiger partial charge in [0, 0.05) is 6.54 Å². The van der Waals surface area contributed by atoms with Crippen LogP contribution in [0.15, 0.2) is 42.5 Å². The third kappa shape index (κ3) is 4.03. The van der Waals surface area contributed by atoms with E-state index in [4.69, 9.17) is 19.9 Å². The molecule has 2 aromatic carbocycles. The summed E-state index contributed by atoms with van der Waals surface area (Å²) in [5, 5.41) is 2.86. The van der Waals surface area contributed by atoms with Crippen molar-refractivity contribution in [3.05, 3.63) is 53.6 Å². The molecule has 0 aliphatic carbocycles. The minimum atomic E-state index is -1.12. The van der Waals surface area contributed by atoms with Crippen LogP contribution in [0.4, 0.5) is 0 Å². The van der Waals surface area contributed by atoms with Crippen molar-refractivity contribution in [2.75, 3.05) is 21.3 Å². The lowest BCUT2D eigenvalue weighted by atomic mass is 9.92. The average Bonchev–Trinajstić information content (AvgIpc) is 2.65. The second-order valence-corrected chi connectivity index (χ2v) is 5.78. The van der Waals surface area contributed by atoms with Crippen LogP contribution < -0.4 is 25.3 Å². The van der Waals surface area contributed by atoms with Crippen LogP contribution >= 0.6 is 0 Å². The van der Waals surface area contributed by atoms with Crippen molar-refractivity contribution >= 4 is 5.91 Å². The van der Waals surface area contributed by atoms with Crippen molar-refractivity contribution in [3.63, 3.8) is 0 Å². The van der Waals surface area contributed by atoms with Gasteiger partial charge < -0.3 is 25.3 Å². The number of rotatable bonds is 7. The van der Waals surface area contributed by atoms with Crippen molar-refractivity contribution in [3.8, 4) is 17.2 Å². The summed E-state index contributed by atoms with van der Waals surface area (Å²) in [6.45, 7) is 1.97. The monoisotopic (exact) mass is 344 g/mol. The predicted octanol–water partition coefficient (Wildman–Crippen LogP) is 2.20. The molecule has 2 aromatic rings. The number of nitrogens with one attached hydrogen (secondary N) is 1. The zero-order chi connectivity index (χ0) is 18.4. The van der Waals surface area contributed by atoms with Crippen LogP contribution in [0.25, 0.3) is 0 Å². The van der Waals surface area contributed by atoms with Gasteiger partial charge in [-0.15, -0.1) is 0 Å². The van der Waals surface area contributed by atoms with Gasteiger partial charge in [-0.25, -0.2) is 0 Å². The smallest absolute Gasteiger partial charge is 0.244 e. The third-order valence-corrected chi connectivity index (χ3v) is 4.02. The molecule has 0 bridgehead atoms. The van der Waals surface area contributed by atoms with Crippen LogP contribution in [-0.2, 0) is 16.9 Å². The largest absolute Gasteiger partial charge is 0.493 e. The molecular weight excluding hydrogens is 320 g/mol. The van der Waals surface area contributed by atoms with E-state index in [1.807, 2.05) is 30.3 Å². The minimum Gasteiger partial charge on any atom is -0.493 e. The number of amides is 1. The fourth-order valence-corrected chi connectivity index (χ4v) is 2.52. The highest BCUT2D eigenvalue weighted by Gasteiger charge is 2.30. The molecule has 1 amide bonds. The molecule has 0 heterocycles. The highest BCUT2D eigenvalue weighted by atomic mass is 16.5. The fourth-order valence-electron chi connectivity index (χ4n) is 2.52. The molecule has 0 radical (unpaired) electrons. The standard InChI is InChI=1S/C19H24N2O4/c1-19(20,14-8-6-5-7-9-14)18(22)21-12-13-10-15(23-2)17(25-4)16(11-13)24-3/h5-11H,12,20H2,1-4H3,(H,21,22). The van der Waals surface area contributed by atoms with Gasteiger partial charge in [-0.3, -0.25) is 4.79 Å². The van der Waals surface area contributed by atoms with E-state index >= 15 is 0 Å². The Hall–Kier alpha value is -2.73. The Bertz CT molecular complexity index is 704. The van der Waals surface area contributed by atoms with Gasteiger partial charge in [0.15, 0.2) is 11.5 Å². The quantitative estimate of drug-likeness (QED) is 0.805. The van der Waals surface area contributed by atoms with Gasteiger partial charge in [0.05, 0.1) is 21.3 Å². The maximum Gasteiger partial charge on any atom is 0.244 e. The predicted molar refractivity (Wildman–Crippen MR) is 95.9 cm³/mol. The summed E-state index contributed by atoms with van der Waals surface area (Å²) in [6, 6.07) is 12.8. The first kappa shape index (κ1) is 18.6. The Kier molecular flexibility index (Phi) is 5.88. The summed E-state index contributed by atoms with van der Waals surface area (Å²) in [5.41, 5.74) is 6.66. The molecule has 0 aliphatic heterocycles. The lowest BCUT2D eigenvalue weighted by Gasteiger charge is -2.24. The summed E-state index contributed by atoms with van der Waals surface area (Å²) in [6.07, 6.45) is 0. The highest BCUT2D eigenvalue weighted by molar-refractivity contribution is 5.87. The lowest BCUT2D eigenvalue weighted by molar-refractivity contribution is -0.126. The average molecular weight is 344 g/mol. The second kappa shape index (κ2) is 7.90. The Morgan fingerprint density at radius 2 is 1.60 bits per heavy atom. The van der Waals surface area contributed by atoms with Gasteiger partial charge in [-0.2, -0.15) is 0 Å². The molecule has 134 valence electrons. The minimum absolute atomic E-state index is 0.271. The topological polar surface area (TPSA) is 82.8 Å². The number of nitrogens with two attached hydrogens (primary N) is 1. The molecule has 0 saturated heterocycles. The van der Waals surface area contributed by atoms with E-state index in [9.17, 15) is 4.79 Å². The number of hydrogen-bond donors (Lipinski definition) is 2. The van der Waals surface area contributed by atoms with E-state index in [-0.39, 0.29) is 12.5 Å².